The number of hydrogen-bond donors (Lipinski definition) is 0. The average Bonchev–Trinajstić information content (AvgIpc) is 3.19. The summed E-state index contributed by atoms with van der Waals surface area (Å²) in [5, 5.41) is 2.01. The molecule has 1 aromatic heterocycles. The molecule has 0 N–H and O–H groups in total. The summed E-state index contributed by atoms with van der Waals surface area (Å²) < 4.78 is 5.39. The number of aliphatic imine (C=N–C) groups is 1. The van der Waals surface area contributed by atoms with Crippen molar-refractivity contribution in [2.24, 2.45) is 4.99 Å². The second-order valence-electron chi connectivity index (χ2n) is 5.96. The van der Waals surface area contributed by atoms with Gasteiger partial charge in [-0.15, -0.1) is 11.3 Å². The van der Waals surface area contributed by atoms with Gasteiger partial charge in [0.15, 0.2) is 0 Å². The van der Waals surface area contributed by atoms with E-state index in [1.54, 1.807) is 7.11 Å². The van der Waals surface area contributed by atoms with Crippen LogP contribution in [-0.4, -0.2) is 24.7 Å². The van der Waals surface area contributed by atoms with Gasteiger partial charge in [0.25, 0.3) is 0 Å². The van der Waals surface area contributed by atoms with Crippen molar-refractivity contribution < 1.29 is 9.53 Å². The lowest BCUT2D eigenvalue weighted by molar-refractivity contribution is 0.103. The molecule has 26 heavy (non-hydrogen) atoms. The zero-order valence-corrected chi connectivity index (χ0v) is 15.7. The highest BCUT2D eigenvalue weighted by molar-refractivity contribution is 7.13. The molecule has 2 aromatic carbocycles. The Kier molecular flexibility index (Phi) is 6.10. The number of rotatable bonds is 7. The smallest absolute Gasteiger partial charge is 0.219 e. The minimum atomic E-state index is -0.353. The first-order valence-electron chi connectivity index (χ1n) is 8.48. The van der Waals surface area contributed by atoms with Gasteiger partial charge in [-0.2, -0.15) is 0 Å². The summed E-state index contributed by atoms with van der Waals surface area (Å²) in [5.74, 6) is -0.0672. The third-order valence-electron chi connectivity index (χ3n) is 4.18. The first kappa shape index (κ1) is 18.2. The van der Waals surface area contributed by atoms with Gasteiger partial charge in [-0.3, -0.25) is 9.79 Å². The fourth-order valence-corrected chi connectivity index (χ4v) is 3.48. The van der Waals surface area contributed by atoms with E-state index in [2.05, 4.69) is 4.99 Å². The van der Waals surface area contributed by atoms with Crippen LogP contribution in [0.3, 0.4) is 0 Å². The van der Waals surface area contributed by atoms with Crippen LogP contribution < -0.4 is 0 Å². The van der Waals surface area contributed by atoms with Crippen molar-refractivity contribution in [2.75, 3.05) is 7.11 Å². The lowest BCUT2D eigenvalue weighted by Gasteiger charge is -2.12. The highest BCUT2D eigenvalue weighted by atomic mass is 32.1. The minimum Gasteiger partial charge on any atom is -0.375 e. The van der Waals surface area contributed by atoms with Crippen LogP contribution in [0.4, 0.5) is 0 Å². The molecule has 132 valence electrons. The number of methoxy groups -OCH3 is 1. The second-order valence-corrected chi connectivity index (χ2v) is 6.87. The molecule has 3 rings (SSSR count). The molecule has 0 saturated heterocycles. The summed E-state index contributed by atoms with van der Waals surface area (Å²) in [4.78, 5) is 18.3. The van der Waals surface area contributed by atoms with Gasteiger partial charge in [-0.25, -0.2) is 0 Å². The topological polar surface area (TPSA) is 38.7 Å². The van der Waals surface area contributed by atoms with Gasteiger partial charge in [0, 0.05) is 7.11 Å². The van der Waals surface area contributed by atoms with Crippen LogP contribution in [0.1, 0.15) is 22.2 Å². The van der Waals surface area contributed by atoms with E-state index < -0.39 is 0 Å². The quantitative estimate of drug-likeness (QED) is 0.423. The Morgan fingerprint density at radius 1 is 1.04 bits per heavy atom. The van der Waals surface area contributed by atoms with E-state index in [-0.39, 0.29) is 11.9 Å². The molecular weight excluding hydrogens is 342 g/mol. The summed E-state index contributed by atoms with van der Waals surface area (Å²) in [6.45, 7) is 2.32. The van der Waals surface area contributed by atoms with Gasteiger partial charge in [-0.1, -0.05) is 60.7 Å². The number of benzene rings is 2. The van der Waals surface area contributed by atoms with Gasteiger partial charge in [0.1, 0.15) is 5.71 Å². The molecule has 1 unspecified atom stereocenters. The number of carbonyl (C=O) groups excluding carboxylic acids is 1. The van der Waals surface area contributed by atoms with Crippen molar-refractivity contribution in [3.63, 3.8) is 0 Å². The van der Waals surface area contributed by atoms with Gasteiger partial charge >= 0.3 is 0 Å². The van der Waals surface area contributed by atoms with E-state index in [0.717, 1.165) is 16.7 Å². The second kappa shape index (κ2) is 8.70. The maximum atomic E-state index is 13.0. The fraction of sp³-hybridized carbons (Fsp3) is 0.182. The molecule has 0 fully saturated rings. The first-order valence-corrected chi connectivity index (χ1v) is 9.36. The summed E-state index contributed by atoms with van der Waals surface area (Å²) >= 11 is 1.44. The van der Waals surface area contributed by atoms with Crippen molar-refractivity contribution in [2.45, 2.75) is 19.6 Å². The molecule has 1 atom stereocenters. The van der Waals surface area contributed by atoms with E-state index in [4.69, 9.17) is 4.74 Å². The van der Waals surface area contributed by atoms with Crippen LogP contribution in [0.2, 0.25) is 0 Å². The molecule has 0 amide bonds. The van der Waals surface area contributed by atoms with Gasteiger partial charge in [-0.05, 0) is 35.1 Å². The molecule has 0 radical (unpaired) electrons. The van der Waals surface area contributed by atoms with E-state index in [1.807, 2.05) is 79.0 Å². The third-order valence-corrected chi connectivity index (χ3v) is 5.11. The highest BCUT2D eigenvalue weighted by Gasteiger charge is 2.22. The first-order chi connectivity index (χ1) is 12.7. The maximum Gasteiger partial charge on any atom is 0.219 e. The Balaban J connectivity index is 1.85. The predicted molar refractivity (Wildman–Crippen MR) is 108 cm³/mol. The summed E-state index contributed by atoms with van der Waals surface area (Å²) in [6, 6.07) is 21.9. The number of ketones is 1. The summed E-state index contributed by atoms with van der Waals surface area (Å²) in [7, 11) is 1.60. The van der Waals surface area contributed by atoms with Gasteiger partial charge < -0.3 is 4.74 Å². The van der Waals surface area contributed by atoms with E-state index in [9.17, 15) is 4.79 Å². The molecule has 0 aliphatic carbocycles. The molecule has 0 spiro atoms. The van der Waals surface area contributed by atoms with Crippen molar-refractivity contribution in [1.29, 1.82) is 0 Å². The Labute approximate surface area is 158 Å². The summed E-state index contributed by atoms with van der Waals surface area (Å²) in [6.07, 6.45) is -0.353. The molecule has 0 saturated carbocycles. The number of nitrogens with zero attached hydrogens (tertiary/aromatic N) is 1. The zero-order valence-electron chi connectivity index (χ0n) is 14.9. The lowest BCUT2D eigenvalue weighted by Crippen LogP contribution is -2.27. The van der Waals surface area contributed by atoms with E-state index >= 15 is 0 Å². The van der Waals surface area contributed by atoms with Crippen LogP contribution >= 0.6 is 11.3 Å². The van der Waals surface area contributed by atoms with Crippen LogP contribution in [0, 0.1) is 0 Å². The monoisotopic (exact) mass is 363 g/mol. The van der Waals surface area contributed by atoms with Crippen LogP contribution in [0.15, 0.2) is 77.1 Å². The van der Waals surface area contributed by atoms with Crippen molar-refractivity contribution in [3.8, 4) is 11.1 Å². The fourth-order valence-electron chi connectivity index (χ4n) is 2.62. The third kappa shape index (κ3) is 4.34. The van der Waals surface area contributed by atoms with Crippen molar-refractivity contribution >= 4 is 22.8 Å². The van der Waals surface area contributed by atoms with Crippen molar-refractivity contribution in [3.05, 3.63) is 82.6 Å². The molecular formula is C22H21NO2S. The Morgan fingerprint density at radius 2 is 1.69 bits per heavy atom. The lowest BCUT2D eigenvalue weighted by atomic mass is 10.1. The average molecular weight is 363 g/mol. The standard InChI is InChI=1S/C22H21NO2S/c1-16(25-2)21(23-14-17-9-5-3-6-10-17)22(24)20-13-19(15-26-20)18-11-7-4-8-12-18/h3-13,15-16H,14H2,1-2H3. The number of Topliss-reactive ketones (excluding diaryl/α,β-unsaturated/α-hetero) is 1. The molecule has 3 aromatic rings. The normalized spacial score (nSPS) is 12.8. The molecule has 0 aliphatic heterocycles. The minimum absolute atomic E-state index is 0.0672. The van der Waals surface area contributed by atoms with E-state index in [0.29, 0.717) is 17.1 Å². The molecule has 4 heteroatoms. The number of hydrogen-bond acceptors (Lipinski definition) is 4. The Morgan fingerprint density at radius 3 is 2.35 bits per heavy atom. The van der Waals surface area contributed by atoms with E-state index in [1.165, 1.54) is 11.3 Å². The van der Waals surface area contributed by atoms with Crippen molar-refractivity contribution in [1.82, 2.24) is 0 Å². The largest absolute Gasteiger partial charge is 0.375 e. The molecule has 1 heterocycles. The van der Waals surface area contributed by atoms with Crippen LogP contribution in [-0.2, 0) is 11.3 Å². The van der Waals surface area contributed by atoms with Crippen LogP contribution in [0.25, 0.3) is 11.1 Å². The highest BCUT2D eigenvalue weighted by Crippen LogP contribution is 2.26. The summed E-state index contributed by atoms with van der Waals surface area (Å²) in [5.41, 5.74) is 3.67. The molecule has 3 nitrogen and oxygen atoms in total. The van der Waals surface area contributed by atoms with Crippen LogP contribution in [0.5, 0.6) is 0 Å². The maximum absolute atomic E-state index is 13.0. The van der Waals surface area contributed by atoms with Gasteiger partial charge in [0.05, 0.1) is 17.5 Å². The Bertz CT molecular complexity index is 885. The molecule has 0 bridgehead atoms. The SMILES string of the molecule is COC(C)C(=NCc1ccccc1)C(=O)c1cc(-c2ccccc2)cs1. The molecule has 0 aliphatic rings. The number of carbonyl (C=O) groups is 1. The number of thiophene rings is 1. The zero-order chi connectivity index (χ0) is 18.4. The number of ether oxygens (including phenoxy) is 1. The Hall–Kier alpha value is -2.56. The van der Waals surface area contributed by atoms with Gasteiger partial charge in [0.2, 0.25) is 5.78 Å². The predicted octanol–water partition coefficient (Wildman–Crippen LogP) is 5.27.